The molecule has 14 heavy (non-hydrogen) atoms. The lowest BCUT2D eigenvalue weighted by Gasteiger charge is -2.25. The van der Waals surface area contributed by atoms with Gasteiger partial charge < -0.3 is 10.4 Å². The molecule has 0 aromatic carbocycles. The van der Waals surface area contributed by atoms with Crippen molar-refractivity contribution in [3.05, 3.63) is 29.6 Å². The predicted molar refractivity (Wildman–Crippen MR) is 57.1 cm³/mol. The molecule has 2 N–H and O–H groups in total. The number of pyridine rings is 1. The number of aryl methyl sites for hydroxylation is 1. The van der Waals surface area contributed by atoms with E-state index < -0.39 is 5.60 Å². The van der Waals surface area contributed by atoms with Crippen molar-refractivity contribution in [3.8, 4) is 0 Å². The van der Waals surface area contributed by atoms with E-state index in [4.69, 9.17) is 0 Å². The zero-order chi connectivity index (χ0) is 10.6. The number of nitrogens with one attached hydrogen (secondary N) is 1. The first-order valence-corrected chi connectivity index (χ1v) is 4.92. The van der Waals surface area contributed by atoms with Crippen LogP contribution in [0.25, 0.3) is 0 Å². The van der Waals surface area contributed by atoms with Gasteiger partial charge in [0.25, 0.3) is 0 Å². The van der Waals surface area contributed by atoms with Gasteiger partial charge in [-0.1, -0.05) is 6.92 Å². The van der Waals surface area contributed by atoms with Crippen LogP contribution in [0.15, 0.2) is 18.5 Å². The van der Waals surface area contributed by atoms with Gasteiger partial charge in [0.05, 0.1) is 0 Å². The summed E-state index contributed by atoms with van der Waals surface area (Å²) in [7, 11) is 0. The van der Waals surface area contributed by atoms with E-state index in [0.717, 1.165) is 17.7 Å². The average molecular weight is 194 g/mol. The molecule has 0 radical (unpaired) electrons. The maximum absolute atomic E-state index is 10.2. The first-order chi connectivity index (χ1) is 6.58. The molecule has 0 fully saturated rings. The van der Waals surface area contributed by atoms with Crippen LogP contribution in [0.3, 0.4) is 0 Å². The third kappa shape index (κ3) is 2.53. The fourth-order valence-electron chi connectivity index (χ4n) is 1.49. The normalized spacial score (nSPS) is 15.1. The van der Waals surface area contributed by atoms with Crippen molar-refractivity contribution >= 4 is 0 Å². The number of rotatable bonds is 4. The van der Waals surface area contributed by atoms with E-state index >= 15 is 0 Å². The molecule has 0 spiro atoms. The SMILES string of the molecule is CCNCC(C)(O)c1cnccc1C. The lowest BCUT2D eigenvalue weighted by Crippen LogP contribution is -2.36. The van der Waals surface area contributed by atoms with E-state index in [-0.39, 0.29) is 0 Å². The van der Waals surface area contributed by atoms with Gasteiger partial charge in [0.1, 0.15) is 5.60 Å². The third-order valence-electron chi connectivity index (χ3n) is 2.34. The molecule has 1 aromatic heterocycles. The van der Waals surface area contributed by atoms with Crippen LogP contribution in [0.2, 0.25) is 0 Å². The Kier molecular flexibility index (Phi) is 3.61. The van der Waals surface area contributed by atoms with E-state index in [9.17, 15) is 5.11 Å². The second-order valence-corrected chi connectivity index (χ2v) is 3.74. The van der Waals surface area contributed by atoms with Gasteiger partial charge in [0.15, 0.2) is 0 Å². The molecule has 78 valence electrons. The van der Waals surface area contributed by atoms with Crippen LogP contribution in [0.5, 0.6) is 0 Å². The summed E-state index contributed by atoms with van der Waals surface area (Å²) in [4.78, 5) is 4.03. The van der Waals surface area contributed by atoms with Crippen molar-refractivity contribution in [1.29, 1.82) is 0 Å². The van der Waals surface area contributed by atoms with Crippen molar-refractivity contribution < 1.29 is 5.11 Å². The molecule has 1 atom stereocenters. The van der Waals surface area contributed by atoms with E-state index in [1.54, 1.807) is 19.3 Å². The summed E-state index contributed by atoms with van der Waals surface area (Å²) in [5.74, 6) is 0. The molecule has 0 aliphatic rings. The Hall–Kier alpha value is -0.930. The molecular formula is C11H18N2O. The highest BCUT2D eigenvalue weighted by Gasteiger charge is 2.24. The number of likely N-dealkylation sites (N-methyl/N-ethyl adjacent to an activating group) is 1. The zero-order valence-corrected chi connectivity index (χ0v) is 9.04. The summed E-state index contributed by atoms with van der Waals surface area (Å²) in [6.45, 7) is 7.22. The number of aromatic nitrogens is 1. The number of hydrogen-bond acceptors (Lipinski definition) is 3. The Morgan fingerprint density at radius 1 is 1.57 bits per heavy atom. The molecule has 0 amide bonds. The smallest absolute Gasteiger partial charge is 0.101 e. The van der Waals surface area contributed by atoms with Gasteiger partial charge in [-0.15, -0.1) is 0 Å². The summed E-state index contributed by atoms with van der Waals surface area (Å²) in [6.07, 6.45) is 3.47. The average Bonchev–Trinajstić information content (AvgIpc) is 2.15. The Morgan fingerprint density at radius 2 is 2.29 bits per heavy atom. The monoisotopic (exact) mass is 194 g/mol. The van der Waals surface area contributed by atoms with E-state index in [2.05, 4.69) is 10.3 Å². The Labute approximate surface area is 85.2 Å². The summed E-state index contributed by atoms with van der Waals surface area (Å²) in [6, 6.07) is 1.91. The topological polar surface area (TPSA) is 45.1 Å². The standard InChI is InChI=1S/C11H18N2O/c1-4-12-8-11(3,14)10-7-13-6-5-9(10)2/h5-7,12,14H,4,8H2,1-3H3. The first kappa shape index (κ1) is 11.1. The molecule has 0 aliphatic carbocycles. The summed E-state index contributed by atoms with van der Waals surface area (Å²) < 4.78 is 0. The first-order valence-electron chi connectivity index (χ1n) is 4.92. The van der Waals surface area contributed by atoms with Gasteiger partial charge in [-0.05, 0) is 32.0 Å². The van der Waals surface area contributed by atoms with Crippen LogP contribution in [-0.4, -0.2) is 23.2 Å². The fourth-order valence-corrected chi connectivity index (χ4v) is 1.49. The van der Waals surface area contributed by atoms with Gasteiger partial charge in [-0.2, -0.15) is 0 Å². The molecule has 1 aromatic rings. The summed E-state index contributed by atoms with van der Waals surface area (Å²) >= 11 is 0. The summed E-state index contributed by atoms with van der Waals surface area (Å²) in [5.41, 5.74) is 1.12. The Balaban J connectivity index is 2.86. The molecule has 3 heteroatoms. The molecule has 0 aliphatic heterocycles. The Bertz CT molecular complexity index is 297. The highest BCUT2D eigenvalue weighted by atomic mass is 16.3. The lowest BCUT2D eigenvalue weighted by atomic mass is 9.94. The fraction of sp³-hybridized carbons (Fsp3) is 0.545. The molecule has 1 unspecified atom stereocenters. The van der Waals surface area contributed by atoms with Crippen LogP contribution in [0, 0.1) is 6.92 Å². The van der Waals surface area contributed by atoms with Crippen LogP contribution in [0.4, 0.5) is 0 Å². The number of aliphatic hydroxyl groups is 1. The number of nitrogens with zero attached hydrogens (tertiary/aromatic N) is 1. The van der Waals surface area contributed by atoms with Crippen LogP contribution < -0.4 is 5.32 Å². The second-order valence-electron chi connectivity index (χ2n) is 3.74. The van der Waals surface area contributed by atoms with E-state index in [1.807, 2.05) is 19.9 Å². The third-order valence-corrected chi connectivity index (χ3v) is 2.34. The molecule has 1 heterocycles. The van der Waals surface area contributed by atoms with Gasteiger partial charge >= 0.3 is 0 Å². The van der Waals surface area contributed by atoms with Crippen molar-refractivity contribution in [3.63, 3.8) is 0 Å². The largest absolute Gasteiger partial charge is 0.384 e. The minimum Gasteiger partial charge on any atom is -0.384 e. The Morgan fingerprint density at radius 3 is 2.86 bits per heavy atom. The van der Waals surface area contributed by atoms with Crippen molar-refractivity contribution in [2.24, 2.45) is 0 Å². The van der Waals surface area contributed by atoms with E-state index in [0.29, 0.717) is 6.54 Å². The molecule has 0 bridgehead atoms. The quantitative estimate of drug-likeness (QED) is 0.757. The van der Waals surface area contributed by atoms with Gasteiger partial charge in [0, 0.05) is 24.5 Å². The molecule has 1 rings (SSSR count). The molecule has 3 nitrogen and oxygen atoms in total. The van der Waals surface area contributed by atoms with Gasteiger partial charge in [-0.3, -0.25) is 4.98 Å². The summed E-state index contributed by atoms with van der Waals surface area (Å²) in [5, 5.41) is 13.3. The maximum Gasteiger partial charge on any atom is 0.101 e. The molecule has 0 saturated carbocycles. The van der Waals surface area contributed by atoms with Crippen LogP contribution >= 0.6 is 0 Å². The maximum atomic E-state index is 10.2. The van der Waals surface area contributed by atoms with E-state index in [1.165, 1.54) is 0 Å². The minimum atomic E-state index is -0.839. The predicted octanol–water partition coefficient (Wildman–Crippen LogP) is 1.21. The van der Waals surface area contributed by atoms with Crippen molar-refractivity contribution in [2.45, 2.75) is 26.4 Å². The molecule has 0 saturated heterocycles. The second kappa shape index (κ2) is 4.53. The minimum absolute atomic E-state index is 0.552. The van der Waals surface area contributed by atoms with Crippen LogP contribution in [0.1, 0.15) is 25.0 Å². The van der Waals surface area contributed by atoms with Gasteiger partial charge in [-0.25, -0.2) is 0 Å². The highest BCUT2D eigenvalue weighted by Crippen LogP contribution is 2.21. The van der Waals surface area contributed by atoms with Crippen LogP contribution in [-0.2, 0) is 5.60 Å². The van der Waals surface area contributed by atoms with Crippen molar-refractivity contribution in [2.75, 3.05) is 13.1 Å². The number of hydrogen-bond donors (Lipinski definition) is 2. The molecular weight excluding hydrogens is 176 g/mol. The lowest BCUT2D eigenvalue weighted by molar-refractivity contribution is 0.0566. The zero-order valence-electron chi connectivity index (χ0n) is 9.04. The van der Waals surface area contributed by atoms with Crippen molar-refractivity contribution in [1.82, 2.24) is 10.3 Å². The van der Waals surface area contributed by atoms with Gasteiger partial charge in [0.2, 0.25) is 0 Å². The highest BCUT2D eigenvalue weighted by molar-refractivity contribution is 5.27.